The summed E-state index contributed by atoms with van der Waals surface area (Å²) in [6.45, 7) is 2.55. The normalized spacial score (nSPS) is 11.1. The van der Waals surface area contributed by atoms with Gasteiger partial charge in [-0.05, 0) is 24.6 Å². The second kappa shape index (κ2) is 5.11. The lowest BCUT2D eigenvalue weighted by molar-refractivity contribution is 0.372. The summed E-state index contributed by atoms with van der Waals surface area (Å²) < 4.78 is 7.39. The van der Waals surface area contributed by atoms with Crippen LogP contribution in [0.2, 0.25) is 0 Å². The summed E-state index contributed by atoms with van der Waals surface area (Å²) in [4.78, 5) is 8.86. The van der Waals surface area contributed by atoms with Gasteiger partial charge in [-0.15, -0.1) is 0 Å². The number of aryl methyl sites for hydroxylation is 1. The molecule has 108 valence electrons. The number of nitrogens with zero attached hydrogens (tertiary/aromatic N) is 4. The van der Waals surface area contributed by atoms with Gasteiger partial charge in [-0.1, -0.05) is 41.6 Å². The molecule has 4 aromatic rings. The lowest BCUT2D eigenvalue weighted by Crippen LogP contribution is -1.98. The molecule has 0 bridgehead atoms. The van der Waals surface area contributed by atoms with Crippen LogP contribution in [0.25, 0.3) is 22.4 Å². The average molecular weight is 290 g/mol. The fourth-order valence-electron chi connectivity index (χ4n) is 2.53. The van der Waals surface area contributed by atoms with Crippen molar-refractivity contribution in [2.24, 2.45) is 0 Å². The van der Waals surface area contributed by atoms with E-state index in [0.29, 0.717) is 18.3 Å². The minimum Gasteiger partial charge on any atom is -0.337 e. The summed E-state index contributed by atoms with van der Waals surface area (Å²) in [7, 11) is 0. The van der Waals surface area contributed by atoms with Gasteiger partial charge in [0, 0.05) is 5.56 Å². The molecule has 0 radical (unpaired) electrons. The van der Waals surface area contributed by atoms with Gasteiger partial charge >= 0.3 is 0 Å². The molecule has 0 amide bonds. The van der Waals surface area contributed by atoms with Crippen molar-refractivity contribution in [2.75, 3.05) is 0 Å². The van der Waals surface area contributed by atoms with E-state index in [2.05, 4.69) is 15.1 Å². The second-order valence-electron chi connectivity index (χ2n) is 5.19. The summed E-state index contributed by atoms with van der Waals surface area (Å²) in [5.41, 5.74) is 4.13. The maximum Gasteiger partial charge on any atom is 0.246 e. The van der Waals surface area contributed by atoms with Crippen LogP contribution in [0.15, 0.2) is 59.4 Å². The summed E-state index contributed by atoms with van der Waals surface area (Å²) in [6, 6.07) is 16.0. The Morgan fingerprint density at radius 2 is 1.86 bits per heavy atom. The van der Waals surface area contributed by atoms with Gasteiger partial charge in [-0.25, -0.2) is 4.98 Å². The zero-order valence-electron chi connectivity index (χ0n) is 12.1. The molecule has 0 spiro atoms. The number of aromatic nitrogens is 4. The molecule has 2 aromatic heterocycles. The first-order chi connectivity index (χ1) is 10.8. The van der Waals surface area contributed by atoms with E-state index in [1.54, 1.807) is 6.33 Å². The molecule has 22 heavy (non-hydrogen) atoms. The van der Waals surface area contributed by atoms with Gasteiger partial charge < -0.3 is 9.09 Å². The predicted octanol–water partition coefficient (Wildman–Crippen LogP) is 3.44. The van der Waals surface area contributed by atoms with Gasteiger partial charge in [0.15, 0.2) is 0 Å². The van der Waals surface area contributed by atoms with Crippen LogP contribution in [0.5, 0.6) is 0 Å². The number of hydrogen-bond acceptors (Lipinski definition) is 4. The van der Waals surface area contributed by atoms with Crippen LogP contribution in [-0.2, 0) is 6.54 Å². The summed E-state index contributed by atoms with van der Waals surface area (Å²) in [5, 5.41) is 4.09. The first-order valence-corrected chi connectivity index (χ1v) is 7.10. The molecule has 2 heterocycles. The van der Waals surface area contributed by atoms with Crippen LogP contribution in [0.1, 0.15) is 11.5 Å². The maximum atomic E-state index is 5.39. The van der Waals surface area contributed by atoms with Gasteiger partial charge in [-0.3, -0.25) is 0 Å². The molecule has 0 saturated heterocycles. The molecule has 0 aliphatic carbocycles. The second-order valence-corrected chi connectivity index (χ2v) is 5.19. The van der Waals surface area contributed by atoms with Crippen LogP contribution in [0.4, 0.5) is 0 Å². The Balaban J connectivity index is 1.66. The van der Waals surface area contributed by atoms with Crippen molar-refractivity contribution in [3.05, 3.63) is 66.3 Å². The van der Waals surface area contributed by atoms with Crippen molar-refractivity contribution < 1.29 is 4.52 Å². The average Bonchev–Trinajstić information content (AvgIpc) is 3.16. The van der Waals surface area contributed by atoms with Gasteiger partial charge in [0.1, 0.15) is 6.54 Å². The van der Waals surface area contributed by atoms with Crippen LogP contribution in [-0.4, -0.2) is 19.7 Å². The van der Waals surface area contributed by atoms with Crippen LogP contribution in [0.3, 0.4) is 0 Å². The standard InChI is InChI=1S/C17H14N4O/c1-12-6-2-3-7-13(12)17-19-16(22-20-17)10-21-11-18-14-8-4-5-9-15(14)21/h2-9,11H,10H2,1H3. The van der Waals surface area contributed by atoms with E-state index in [0.717, 1.165) is 22.2 Å². The lowest BCUT2D eigenvalue weighted by atomic mass is 10.1. The molecular weight excluding hydrogens is 276 g/mol. The fraction of sp³-hybridized carbons (Fsp3) is 0.118. The Bertz CT molecular complexity index is 938. The Kier molecular flexibility index (Phi) is 2.96. The largest absolute Gasteiger partial charge is 0.337 e. The number of rotatable bonds is 3. The van der Waals surface area contributed by atoms with Gasteiger partial charge in [0.05, 0.1) is 17.4 Å². The SMILES string of the molecule is Cc1ccccc1-c1noc(Cn2cnc3ccccc32)n1. The fourth-order valence-corrected chi connectivity index (χ4v) is 2.53. The summed E-state index contributed by atoms with van der Waals surface area (Å²) in [6.07, 6.45) is 1.79. The van der Waals surface area contributed by atoms with E-state index in [4.69, 9.17) is 4.52 Å². The third-order valence-electron chi connectivity index (χ3n) is 3.69. The number of para-hydroxylation sites is 2. The van der Waals surface area contributed by atoms with Crippen molar-refractivity contribution in [3.63, 3.8) is 0 Å². The van der Waals surface area contributed by atoms with Crippen molar-refractivity contribution in [1.29, 1.82) is 0 Å². The molecule has 0 aliphatic heterocycles. The molecule has 0 aliphatic rings. The number of imidazole rings is 1. The molecular formula is C17H14N4O. The van der Waals surface area contributed by atoms with Crippen molar-refractivity contribution in [1.82, 2.24) is 19.7 Å². The van der Waals surface area contributed by atoms with Crippen LogP contribution < -0.4 is 0 Å². The quantitative estimate of drug-likeness (QED) is 0.580. The summed E-state index contributed by atoms with van der Waals surface area (Å²) in [5.74, 6) is 1.19. The van der Waals surface area contributed by atoms with Crippen LogP contribution >= 0.6 is 0 Å². The van der Waals surface area contributed by atoms with Gasteiger partial charge in [0.2, 0.25) is 11.7 Å². The van der Waals surface area contributed by atoms with E-state index in [9.17, 15) is 0 Å². The first-order valence-electron chi connectivity index (χ1n) is 7.10. The highest BCUT2D eigenvalue weighted by Crippen LogP contribution is 2.20. The van der Waals surface area contributed by atoms with Gasteiger partial charge in [0.25, 0.3) is 0 Å². The Morgan fingerprint density at radius 3 is 2.77 bits per heavy atom. The molecule has 4 rings (SSSR count). The predicted molar refractivity (Wildman–Crippen MR) is 83.3 cm³/mol. The smallest absolute Gasteiger partial charge is 0.246 e. The molecule has 0 fully saturated rings. The van der Waals surface area contributed by atoms with Crippen molar-refractivity contribution in [2.45, 2.75) is 13.5 Å². The highest BCUT2D eigenvalue weighted by molar-refractivity contribution is 5.75. The zero-order chi connectivity index (χ0) is 14.9. The Hall–Kier alpha value is -2.95. The Labute approximate surface area is 127 Å². The number of benzene rings is 2. The van der Waals surface area contributed by atoms with Crippen molar-refractivity contribution >= 4 is 11.0 Å². The topological polar surface area (TPSA) is 56.7 Å². The lowest BCUT2D eigenvalue weighted by Gasteiger charge is -1.99. The highest BCUT2D eigenvalue weighted by atomic mass is 16.5. The van der Waals surface area contributed by atoms with E-state index < -0.39 is 0 Å². The molecule has 5 heteroatoms. The van der Waals surface area contributed by atoms with E-state index in [1.807, 2.05) is 60.0 Å². The summed E-state index contributed by atoms with van der Waals surface area (Å²) >= 11 is 0. The third kappa shape index (κ3) is 2.16. The molecule has 5 nitrogen and oxygen atoms in total. The molecule has 0 N–H and O–H groups in total. The monoisotopic (exact) mass is 290 g/mol. The highest BCUT2D eigenvalue weighted by Gasteiger charge is 2.12. The number of fused-ring (bicyclic) bond motifs is 1. The molecule has 0 atom stereocenters. The molecule has 0 unspecified atom stereocenters. The zero-order valence-corrected chi connectivity index (χ0v) is 12.1. The van der Waals surface area contributed by atoms with E-state index in [1.165, 1.54) is 0 Å². The number of hydrogen-bond donors (Lipinski definition) is 0. The van der Waals surface area contributed by atoms with Crippen LogP contribution in [0, 0.1) is 6.92 Å². The molecule has 2 aromatic carbocycles. The third-order valence-corrected chi connectivity index (χ3v) is 3.69. The minimum atomic E-state index is 0.513. The maximum absolute atomic E-state index is 5.39. The van der Waals surface area contributed by atoms with E-state index >= 15 is 0 Å². The molecule has 0 saturated carbocycles. The first kappa shape index (κ1) is 12.8. The Morgan fingerprint density at radius 1 is 1.05 bits per heavy atom. The van der Waals surface area contributed by atoms with Crippen molar-refractivity contribution in [3.8, 4) is 11.4 Å². The van der Waals surface area contributed by atoms with Gasteiger partial charge in [-0.2, -0.15) is 4.98 Å². The minimum absolute atomic E-state index is 0.513. The van der Waals surface area contributed by atoms with E-state index in [-0.39, 0.29) is 0 Å².